The molecule has 2 rings (SSSR count). The van der Waals surface area contributed by atoms with Crippen LogP contribution >= 0.6 is 12.2 Å². The van der Waals surface area contributed by atoms with Crippen LogP contribution in [0.4, 0.5) is 0 Å². The van der Waals surface area contributed by atoms with E-state index in [1.54, 1.807) is 10.6 Å². The van der Waals surface area contributed by atoms with Crippen molar-refractivity contribution in [2.75, 3.05) is 0 Å². The van der Waals surface area contributed by atoms with Crippen LogP contribution in [0.2, 0.25) is 0 Å². The molecule has 0 amide bonds. The number of hydrogen-bond acceptors (Lipinski definition) is 3. The Morgan fingerprint density at radius 2 is 2.24 bits per heavy atom. The molecule has 0 bridgehead atoms. The number of hydrogen-bond donors (Lipinski definition) is 1. The smallest absolute Gasteiger partial charge is 0.327 e. The van der Waals surface area contributed by atoms with Crippen molar-refractivity contribution in [3.05, 3.63) is 39.1 Å². The van der Waals surface area contributed by atoms with Gasteiger partial charge in [0.15, 0.2) is 5.76 Å². The van der Waals surface area contributed by atoms with Gasteiger partial charge in [0.2, 0.25) is 0 Å². The fraction of sp³-hybridized carbons (Fsp3) is 0.333. The number of nitrogens with one attached hydrogen (secondary N) is 1. The summed E-state index contributed by atoms with van der Waals surface area (Å²) in [5.41, 5.74) is 0.539. The number of rotatable bonds is 3. The summed E-state index contributed by atoms with van der Waals surface area (Å²) in [6.45, 7) is 4.53. The molecule has 0 spiro atoms. The second-order valence-electron chi connectivity index (χ2n) is 3.89. The van der Waals surface area contributed by atoms with E-state index in [0.717, 1.165) is 17.9 Å². The Balaban J connectivity index is 2.66. The second kappa shape index (κ2) is 4.71. The van der Waals surface area contributed by atoms with E-state index < -0.39 is 0 Å². The number of aryl methyl sites for hydroxylation is 1. The second-order valence-corrected chi connectivity index (χ2v) is 4.33. The molecule has 0 aliphatic rings. The number of aromatic amines is 1. The van der Waals surface area contributed by atoms with Crippen LogP contribution in [-0.2, 0) is 6.54 Å². The minimum Gasteiger partial charge on any atom is -0.460 e. The minimum absolute atomic E-state index is 0.191. The molecule has 17 heavy (non-hydrogen) atoms. The third-order valence-corrected chi connectivity index (χ3v) is 2.69. The van der Waals surface area contributed by atoms with Crippen molar-refractivity contribution < 1.29 is 4.42 Å². The molecule has 0 fully saturated rings. The van der Waals surface area contributed by atoms with Crippen molar-refractivity contribution in [2.24, 2.45) is 0 Å². The zero-order valence-corrected chi connectivity index (χ0v) is 10.6. The highest BCUT2D eigenvalue weighted by atomic mass is 32.1. The summed E-state index contributed by atoms with van der Waals surface area (Å²) in [5.74, 6) is 1.49. The normalized spacial score (nSPS) is 10.7. The van der Waals surface area contributed by atoms with Crippen molar-refractivity contribution in [3.8, 4) is 11.5 Å². The van der Waals surface area contributed by atoms with E-state index in [-0.39, 0.29) is 5.69 Å². The summed E-state index contributed by atoms with van der Waals surface area (Å²) in [7, 11) is 0. The third kappa shape index (κ3) is 2.39. The molecule has 0 saturated carbocycles. The fourth-order valence-corrected chi connectivity index (χ4v) is 1.94. The van der Waals surface area contributed by atoms with E-state index in [1.807, 2.05) is 26.0 Å². The van der Waals surface area contributed by atoms with Crippen molar-refractivity contribution in [3.63, 3.8) is 0 Å². The highest BCUT2D eigenvalue weighted by Crippen LogP contribution is 2.20. The molecular formula is C12H14N2O2S. The van der Waals surface area contributed by atoms with Gasteiger partial charge in [-0.25, -0.2) is 4.79 Å². The van der Waals surface area contributed by atoms with Gasteiger partial charge in [0.25, 0.3) is 0 Å². The van der Waals surface area contributed by atoms with Gasteiger partial charge in [-0.2, -0.15) is 0 Å². The first-order valence-electron chi connectivity index (χ1n) is 5.53. The highest BCUT2D eigenvalue weighted by molar-refractivity contribution is 7.71. The molecule has 0 radical (unpaired) electrons. The van der Waals surface area contributed by atoms with Gasteiger partial charge in [0.1, 0.15) is 10.4 Å². The Bertz CT molecular complexity index is 636. The molecule has 0 aromatic carbocycles. The molecule has 90 valence electrons. The Labute approximate surface area is 104 Å². The van der Waals surface area contributed by atoms with Gasteiger partial charge in [-0.05, 0) is 25.5 Å². The van der Waals surface area contributed by atoms with Crippen LogP contribution in [-0.4, -0.2) is 9.55 Å². The fourth-order valence-electron chi connectivity index (χ4n) is 1.74. The molecule has 0 aliphatic heterocycles. The predicted octanol–water partition coefficient (Wildman–Crippen LogP) is 2.88. The summed E-state index contributed by atoms with van der Waals surface area (Å²) >= 11 is 5.03. The summed E-state index contributed by atoms with van der Waals surface area (Å²) in [6, 6.07) is 5.48. The summed E-state index contributed by atoms with van der Waals surface area (Å²) < 4.78 is 7.62. The number of aromatic nitrogens is 2. The summed E-state index contributed by atoms with van der Waals surface area (Å²) in [5, 5.41) is 0. The maximum Gasteiger partial charge on any atom is 0.327 e. The van der Waals surface area contributed by atoms with Crippen LogP contribution in [0.5, 0.6) is 0 Å². The van der Waals surface area contributed by atoms with Crippen LogP contribution in [0.3, 0.4) is 0 Å². The molecule has 4 nitrogen and oxygen atoms in total. The van der Waals surface area contributed by atoms with Crippen LogP contribution in [0.15, 0.2) is 27.4 Å². The van der Waals surface area contributed by atoms with Gasteiger partial charge >= 0.3 is 5.69 Å². The zero-order valence-electron chi connectivity index (χ0n) is 9.82. The van der Waals surface area contributed by atoms with Gasteiger partial charge in [-0.3, -0.25) is 9.55 Å². The van der Waals surface area contributed by atoms with Crippen LogP contribution in [0, 0.1) is 11.6 Å². The Hall–Kier alpha value is -1.62. The summed E-state index contributed by atoms with van der Waals surface area (Å²) in [4.78, 5) is 14.5. The molecule has 2 aromatic rings. The van der Waals surface area contributed by atoms with E-state index in [1.165, 1.54) is 0 Å². The molecule has 2 heterocycles. The first-order chi connectivity index (χ1) is 8.11. The number of H-pyrrole nitrogens is 1. The highest BCUT2D eigenvalue weighted by Gasteiger charge is 2.09. The van der Waals surface area contributed by atoms with Crippen molar-refractivity contribution in [2.45, 2.75) is 26.8 Å². The van der Waals surface area contributed by atoms with Gasteiger partial charge in [-0.1, -0.05) is 19.1 Å². The molecular weight excluding hydrogens is 236 g/mol. The van der Waals surface area contributed by atoms with Crippen LogP contribution in [0.1, 0.15) is 19.1 Å². The quantitative estimate of drug-likeness (QED) is 0.852. The molecule has 1 N–H and O–H groups in total. The van der Waals surface area contributed by atoms with E-state index in [9.17, 15) is 4.79 Å². The number of furan rings is 1. The Morgan fingerprint density at radius 3 is 2.82 bits per heavy atom. The van der Waals surface area contributed by atoms with E-state index in [0.29, 0.717) is 16.9 Å². The lowest BCUT2D eigenvalue weighted by Crippen LogP contribution is -2.24. The monoisotopic (exact) mass is 250 g/mol. The lowest BCUT2D eigenvalue weighted by Gasteiger charge is -2.09. The van der Waals surface area contributed by atoms with Crippen molar-refractivity contribution in [1.82, 2.24) is 9.55 Å². The van der Waals surface area contributed by atoms with Gasteiger partial charge < -0.3 is 4.42 Å². The predicted molar refractivity (Wildman–Crippen MR) is 68.6 cm³/mol. The molecule has 2 aromatic heterocycles. The lowest BCUT2D eigenvalue weighted by molar-refractivity contribution is 0.534. The zero-order chi connectivity index (χ0) is 12.4. The molecule has 0 aliphatic carbocycles. The standard InChI is InChI=1S/C12H14N2O2S/c1-3-6-14-9(7-11(17)13-12(14)15)10-5-4-8(2)16-10/h4-5,7H,3,6H2,1-2H3,(H,13,15,17). The van der Waals surface area contributed by atoms with E-state index in [2.05, 4.69) is 4.98 Å². The maximum absolute atomic E-state index is 11.8. The average molecular weight is 250 g/mol. The van der Waals surface area contributed by atoms with Crippen LogP contribution < -0.4 is 5.69 Å². The molecule has 0 saturated heterocycles. The van der Waals surface area contributed by atoms with E-state index >= 15 is 0 Å². The van der Waals surface area contributed by atoms with Gasteiger partial charge in [0.05, 0.1) is 5.69 Å². The Morgan fingerprint density at radius 1 is 1.47 bits per heavy atom. The minimum atomic E-state index is -0.191. The topological polar surface area (TPSA) is 50.9 Å². The third-order valence-electron chi connectivity index (χ3n) is 2.47. The maximum atomic E-state index is 11.8. The largest absolute Gasteiger partial charge is 0.460 e. The molecule has 0 unspecified atom stereocenters. The summed E-state index contributed by atoms with van der Waals surface area (Å²) in [6.07, 6.45) is 0.872. The lowest BCUT2D eigenvalue weighted by atomic mass is 10.3. The number of nitrogens with zero attached hydrogens (tertiary/aromatic N) is 1. The van der Waals surface area contributed by atoms with Crippen LogP contribution in [0.25, 0.3) is 11.5 Å². The van der Waals surface area contributed by atoms with Crippen molar-refractivity contribution >= 4 is 12.2 Å². The van der Waals surface area contributed by atoms with Gasteiger partial charge in [-0.15, -0.1) is 0 Å². The first kappa shape index (κ1) is 11.9. The average Bonchev–Trinajstić information content (AvgIpc) is 2.68. The van der Waals surface area contributed by atoms with E-state index in [4.69, 9.17) is 16.6 Å². The molecule has 5 heteroatoms. The van der Waals surface area contributed by atoms with Crippen molar-refractivity contribution in [1.29, 1.82) is 0 Å². The van der Waals surface area contributed by atoms with Gasteiger partial charge in [0, 0.05) is 12.6 Å². The Kier molecular flexibility index (Phi) is 3.28. The molecule has 0 atom stereocenters. The first-order valence-corrected chi connectivity index (χ1v) is 5.93. The SMILES string of the molecule is CCCn1c(-c2ccc(C)o2)cc(=S)[nH]c1=O.